The van der Waals surface area contributed by atoms with Crippen molar-refractivity contribution in [2.75, 3.05) is 32.8 Å². The fraction of sp³-hybridized carbons (Fsp3) is 0.529. The van der Waals surface area contributed by atoms with Crippen molar-refractivity contribution in [2.24, 2.45) is 0 Å². The Labute approximate surface area is 147 Å². The van der Waals surface area contributed by atoms with Gasteiger partial charge in [0.2, 0.25) is 0 Å². The van der Waals surface area contributed by atoms with Crippen molar-refractivity contribution in [3.63, 3.8) is 0 Å². The van der Waals surface area contributed by atoms with Gasteiger partial charge in [-0.15, -0.1) is 0 Å². The monoisotopic (exact) mass is 353 g/mol. The van der Waals surface area contributed by atoms with Gasteiger partial charge in [-0.25, -0.2) is 4.79 Å². The molecule has 0 aliphatic carbocycles. The minimum atomic E-state index is -0.267. The number of nitrogens with one attached hydrogen (secondary N) is 1. The highest BCUT2D eigenvalue weighted by Crippen LogP contribution is 2.15. The minimum Gasteiger partial charge on any atom is -0.484 e. The molecule has 1 aliphatic rings. The van der Waals surface area contributed by atoms with Crippen LogP contribution in [0.2, 0.25) is 5.02 Å². The zero-order valence-corrected chi connectivity index (χ0v) is 15.1. The highest BCUT2D eigenvalue weighted by Gasteiger charge is 2.26. The molecule has 1 aromatic rings. The van der Waals surface area contributed by atoms with Crippen LogP contribution in [0.5, 0.6) is 5.75 Å². The number of hydrogen-bond donors (Lipinski definition) is 1. The van der Waals surface area contributed by atoms with Gasteiger partial charge in [0.1, 0.15) is 5.75 Å². The topological polar surface area (TPSA) is 61.9 Å². The van der Waals surface area contributed by atoms with E-state index in [4.69, 9.17) is 16.3 Å². The summed E-state index contributed by atoms with van der Waals surface area (Å²) >= 11 is 5.81. The van der Waals surface area contributed by atoms with Gasteiger partial charge >= 0.3 is 6.03 Å². The van der Waals surface area contributed by atoms with E-state index in [9.17, 15) is 9.59 Å². The number of piperazine rings is 1. The van der Waals surface area contributed by atoms with E-state index < -0.39 is 0 Å². The van der Waals surface area contributed by atoms with Gasteiger partial charge in [-0.05, 0) is 45.0 Å². The fourth-order valence-corrected chi connectivity index (χ4v) is 2.45. The fourth-order valence-electron chi connectivity index (χ4n) is 2.33. The van der Waals surface area contributed by atoms with Crippen LogP contribution in [-0.4, -0.2) is 60.1 Å². The number of rotatable bonds is 3. The van der Waals surface area contributed by atoms with Crippen LogP contribution in [0.4, 0.5) is 4.79 Å². The highest BCUT2D eigenvalue weighted by molar-refractivity contribution is 6.30. The summed E-state index contributed by atoms with van der Waals surface area (Å²) in [6, 6.07) is 6.79. The van der Waals surface area contributed by atoms with Crippen molar-refractivity contribution in [1.29, 1.82) is 0 Å². The van der Waals surface area contributed by atoms with Crippen LogP contribution in [0.3, 0.4) is 0 Å². The summed E-state index contributed by atoms with van der Waals surface area (Å²) in [6.45, 7) is 7.89. The van der Waals surface area contributed by atoms with Crippen molar-refractivity contribution in [2.45, 2.75) is 26.3 Å². The van der Waals surface area contributed by atoms with Crippen molar-refractivity contribution in [3.05, 3.63) is 29.3 Å². The number of carbonyl (C=O) groups is 2. The average Bonchev–Trinajstić information content (AvgIpc) is 2.52. The number of urea groups is 1. The lowest BCUT2D eigenvalue weighted by Crippen LogP contribution is -2.56. The van der Waals surface area contributed by atoms with E-state index in [1.165, 1.54) is 0 Å². The lowest BCUT2D eigenvalue weighted by molar-refractivity contribution is -0.134. The van der Waals surface area contributed by atoms with Crippen LogP contribution in [0.25, 0.3) is 0 Å². The van der Waals surface area contributed by atoms with Crippen LogP contribution in [-0.2, 0) is 4.79 Å². The van der Waals surface area contributed by atoms with Gasteiger partial charge in [0.25, 0.3) is 5.91 Å². The predicted molar refractivity (Wildman–Crippen MR) is 93.4 cm³/mol. The molecule has 24 heavy (non-hydrogen) atoms. The summed E-state index contributed by atoms with van der Waals surface area (Å²) in [5, 5.41) is 3.56. The van der Waals surface area contributed by atoms with Crippen LogP contribution in [0.1, 0.15) is 20.8 Å². The maximum atomic E-state index is 12.2. The molecule has 132 valence electrons. The third kappa shape index (κ3) is 5.60. The number of ether oxygens (including phenoxy) is 1. The van der Waals surface area contributed by atoms with E-state index in [1.807, 2.05) is 20.8 Å². The molecule has 6 nitrogen and oxygen atoms in total. The molecule has 1 fully saturated rings. The van der Waals surface area contributed by atoms with Gasteiger partial charge in [-0.1, -0.05) is 11.6 Å². The first-order chi connectivity index (χ1) is 11.2. The number of halogens is 1. The van der Waals surface area contributed by atoms with Crippen LogP contribution >= 0.6 is 11.6 Å². The largest absolute Gasteiger partial charge is 0.484 e. The van der Waals surface area contributed by atoms with E-state index in [1.54, 1.807) is 34.1 Å². The van der Waals surface area contributed by atoms with Crippen LogP contribution in [0.15, 0.2) is 24.3 Å². The number of amides is 3. The van der Waals surface area contributed by atoms with E-state index in [0.29, 0.717) is 37.0 Å². The molecule has 1 saturated heterocycles. The standard InChI is InChI=1S/C17H24ClN3O3/c1-17(2,3)19-16(23)21-10-8-20(9-11-21)15(22)12-24-14-6-4-13(18)5-7-14/h4-7H,8-12H2,1-3H3,(H,19,23). The van der Waals surface area contributed by atoms with Gasteiger partial charge in [-0.2, -0.15) is 0 Å². The predicted octanol–water partition coefficient (Wildman–Crippen LogP) is 2.37. The van der Waals surface area contributed by atoms with Gasteiger partial charge < -0.3 is 19.9 Å². The number of carbonyl (C=O) groups excluding carboxylic acids is 2. The molecule has 0 spiro atoms. The number of benzene rings is 1. The zero-order chi connectivity index (χ0) is 17.7. The Kier molecular flexibility index (Phi) is 5.94. The molecular formula is C17H24ClN3O3. The third-order valence-corrected chi connectivity index (χ3v) is 3.83. The number of nitrogens with zero attached hydrogens (tertiary/aromatic N) is 2. The van der Waals surface area contributed by atoms with Gasteiger partial charge in [0.15, 0.2) is 6.61 Å². The zero-order valence-electron chi connectivity index (χ0n) is 14.3. The first-order valence-electron chi connectivity index (χ1n) is 7.98. The van der Waals surface area contributed by atoms with E-state index in [0.717, 1.165) is 0 Å². The summed E-state index contributed by atoms with van der Waals surface area (Å²) in [5.74, 6) is 0.525. The molecule has 2 rings (SSSR count). The second-order valence-corrected chi connectivity index (χ2v) is 7.23. The molecule has 1 heterocycles. The minimum absolute atomic E-state index is 0.0180. The molecule has 0 unspecified atom stereocenters. The van der Waals surface area contributed by atoms with Gasteiger partial charge in [0.05, 0.1) is 0 Å². The summed E-state index contributed by atoms with van der Waals surface area (Å²) in [6.07, 6.45) is 0. The summed E-state index contributed by atoms with van der Waals surface area (Å²) in [5.41, 5.74) is -0.267. The summed E-state index contributed by atoms with van der Waals surface area (Å²) in [7, 11) is 0. The Hall–Kier alpha value is -1.95. The Morgan fingerprint density at radius 3 is 2.17 bits per heavy atom. The molecule has 7 heteroatoms. The summed E-state index contributed by atoms with van der Waals surface area (Å²) in [4.78, 5) is 27.8. The molecule has 0 aromatic heterocycles. The maximum Gasteiger partial charge on any atom is 0.317 e. The molecule has 0 bridgehead atoms. The SMILES string of the molecule is CC(C)(C)NC(=O)N1CCN(C(=O)COc2ccc(Cl)cc2)CC1. The summed E-state index contributed by atoms with van der Waals surface area (Å²) < 4.78 is 5.47. The van der Waals surface area contributed by atoms with Crippen molar-refractivity contribution < 1.29 is 14.3 Å². The van der Waals surface area contributed by atoms with Crippen molar-refractivity contribution in [3.8, 4) is 5.75 Å². The Morgan fingerprint density at radius 1 is 1.08 bits per heavy atom. The van der Waals surface area contributed by atoms with E-state index >= 15 is 0 Å². The molecule has 1 N–H and O–H groups in total. The second-order valence-electron chi connectivity index (χ2n) is 6.79. The van der Waals surface area contributed by atoms with Crippen LogP contribution < -0.4 is 10.1 Å². The molecule has 0 radical (unpaired) electrons. The Morgan fingerprint density at radius 2 is 1.62 bits per heavy atom. The molecule has 0 atom stereocenters. The van der Waals surface area contributed by atoms with Crippen molar-refractivity contribution >= 4 is 23.5 Å². The molecule has 1 aliphatic heterocycles. The van der Waals surface area contributed by atoms with Crippen LogP contribution in [0, 0.1) is 0 Å². The molecule has 0 saturated carbocycles. The lowest BCUT2D eigenvalue weighted by Gasteiger charge is -2.36. The normalized spacial score (nSPS) is 15.2. The lowest BCUT2D eigenvalue weighted by atomic mass is 10.1. The van der Waals surface area contributed by atoms with Gasteiger partial charge in [-0.3, -0.25) is 4.79 Å². The maximum absolute atomic E-state index is 12.2. The Balaban J connectivity index is 1.76. The quantitative estimate of drug-likeness (QED) is 0.907. The molecule has 1 aromatic carbocycles. The molecular weight excluding hydrogens is 330 g/mol. The van der Waals surface area contributed by atoms with E-state index in [2.05, 4.69) is 5.32 Å². The van der Waals surface area contributed by atoms with E-state index in [-0.39, 0.29) is 24.1 Å². The first kappa shape index (κ1) is 18.4. The highest BCUT2D eigenvalue weighted by atomic mass is 35.5. The number of hydrogen-bond acceptors (Lipinski definition) is 3. The first-order valence-corrected chi connectivity index (χ1v) is 8.36. The van der Waals surface area contributed by atoms with Gasteiger partial charge in [0, 0.05) is 36.7 Å². The Bertz CT molecular complexity index is 576. The van der Waals surface area contributed by atoms with Crippen molar-refractivity contribution in [1.82, 2.24) is 15.1 Å². The second kappa shape index (κ2) is 7.75. The smallest absolute Gasteiger partial charge is 0.317 e. The molecule has 3 amide bonds. The average molecular weight is 354 g/mol. The third-order valence-electron chi connectivity index (χ3n) is 3.58.